The summed E-state index contributed by atoms with van der Waals surface area (Å²) >= 11 is 0. The summed E-state index contributed by atoms with van der Waals surface area (Å²) in [5, 5.41) is 11.8. The molecular formula is C61H113NO8. The summed E-state index contributed by atoms with van der Waals surface area (Å²) in [4.78, 5) is 37.3. The number of rotatable bonds is 55. The second-order valence-electron chi connectivity index (χ2n) is 21.3. The largest absolute Gasteiger partial charge is 0.545 e. The molecule has 70 heavy (non-hydrogen) atoms. The molecule has 9 heteroatoms. The number of hydrogen-bond donors (Lipinski definition) is 0. The SMILES string of the molecule is CC/C=C\C/C=C\C/C=C\CCCCCCCCCC(=O)OC(COC(=O)CCCCCCCCCCCCCCCCCCCCCCCCCCCCCC)COC(OCC[N+](C)(C)C)C(=O)[O-]. The Bertz CT molecular complexity index is 1240. The molecule has 0 saturated carbocycles. The lowest BCUT2D eigenvalue weighted by Crippen LogP contribution is -2.44. The van der Waals surface area contributed by atoms with Crippen molar-refractivity contribution in [3.05, 3.63) is 36.5 Å². The highest BCUT2D eigenvalue weighted by Crippen LogP contribution is 2.17. The van der Waals surface area contributed by atoms with Gasteiger partial charge >= 0.3 is 11.9 Å². The van der Waals surface area contributed by atoms with E-state index in [0.29, 0.717) is 23.9 Å². The maximum atomic E-state index is 12.8. The summed E-state index contributed by atoms with van der Waals surface area (Å²) in [6.45, 7) is 4.66. The van der Waals surface area contributed by atoms with Crippen molar-refractivity contribution in [2.24, 2.45) is 0 Å². The Morgan fingerprint density at radius 1 is 0.443 bits per heavy atom. The molecule has 0 aromatic heterocycles. The summed E-state index contributed by atoms with van der Waals surface area (Å²) in [6.07, 6.45) is 60.6. The number of likely N-dealkylation sites (N-methyl/N-ethyl adjacent to an activating group) is 1. The van der Waals surface area contributed by atoms with Gasteiger partial charge < -0.3 is 33.3 Å². The van der Waals surface area contributed by atoms with Crippen LogP contribution >= 0.6 is 0 Å². The van der Waals surface area contributed by atoms with E-state index in [1.165, 1.54) is 180 Å². The Morgan fingerprint density at radius 3 is 1.21 bits per heavy atom. The third-order valence-electron chi connectivity index (χ3n) is 13.2. The van der Waals surface area contributed by atoms with E-state index >= 15 is 0 Å². The van der Waals surface area contributed by atoms with E-state index < -0.39 is 24.3 Å². The maximum absolute atomic E-state index is 12.8. The van der Waals surface area contributed by atoms with Crippen LogP contribution in [0.3, 0.4) is 0 Å². The maximum Gasteiger partial charge on any atom is 0.306 e. The Labute approximate surface area is 432 Å². The van der Waals surface area contributed by atoms with Crippen LogP contribution in [-0.2, 0) is 33.3 Å². The van der Waals surface area contributed by atoms with E-state index in [2.05, 4.69) is 50.3 Å². The second-order valence-corrected chi connectivity index (χ2v) is 21.3. The molecule has 0 saturated heterocycles. The minimum absolute atomic E-state index is 0.147. The van der Waals surface area contributed by atoms with Gasteiger partial charge in [0.05, 0.1) is 40.3 Å². The van der Waals surface area contributed by atoms with Crippen molar-refractivity contribution >= 4 is 17.9 Å². The first-order valence-electron chi connectivity index (χ1n) is 29.6. The van der Waals surface area contributed by atoms with Gasteiger partial charge in [0.15, 0.2) is 12.4 Å². The van der Waals surface area contributed by atoms with Gasteiger partial charge in [0, 0.05) is 12.8 Å². The van der Waals surface area contributed by atoms with E-state index in [1.807, 2.05) is 21.1 Å². The van der Waals surface area contributed by atoms with E-state index in [9.17, 15) is 19.5 Å². The molecular weight excluding hydrogens is 875 g/mol. The van der Waals surface area contributed by atoms with Crippen molar-refractivity contribution in [1.82, 2.24) is 0 Å². The first-order valence-corrected chi connectivity index (χ1v) is 29.6. The van der Waals surface area contributed by atoms with Crippen LogP contribution in [0.5, 0.6) is 0 Å². The molecule has 2 unspecified atom stereocenters. The normalized spacial score (nSPS) is 13.0. The highest BCUT2D eigenvalue weighted by Gasteiger charge is 2.22. The Morgan fingerprint density at radius 2 is 0.814 bits per heavy atom. The molecule has 410 valence electrons. The highest BCUT2D eigenvalue weighted by molar-refractivity contribution is 5.70. The summed E-state index contributed by atoms with van der Waals surface area (Å²) in [5.74, 6) is -2.28. The number of carboxylic acid groups (broad SMARTS) is 1. The number of hydrogen-bond acceptors (Lipinski definition) is 8. The lowest BCUT2D eigenvalue weighted by atomic mass is 10.0. The van der Waals surface area contributed by atoms with Crippen molar-refractivity contribution in [2.75, 3.05) is 47.5 Å². The Hall–Kier alpha value is -2.49. The monoisotopic (exact) mass is 988 g/mol. The molecule has 0 bridgehead atoms. The second kappa shape index (κ2) is 52.8. The highest BCUT2D eigenvalue weighted by atomic mass is 16.7. The van der Waals surface area contributed by atoms with E-state index in [-0.39, 0.29) is 32.2 Å². The number of allylic oxidation sites excluding steroid dienone is 6. The average molecular weight is 989 g/mol. The fourth-order valence-corrected chi connectivity index (χ4v) is 8.61. The van der Waals surface area contributed by atoms with Gasteiger partial charge in [-0.1, -0.05) is 256 Å². The fourth-order valence-electron chi connectivity index (χ4n) is 8.61. The molecule has 0 aliphatic carbocycles. The average Bonchev–Trinajstić information content (AvgIpc) is 3.33. The van der Waals surface area contributed by atoms with Gasteiger partial charge in [-0.25, -0.2) is 0 Å². The molecule has 0 rings (SSSR count). The lowest BCUT2D eigenvalue weighted by Gasteiger charge is -2.26. The predicted molar refractivity (Wildman–Crippen MR) is 293 cm³/mol. The van der Waals surface area contributed by atoms with Crippen molar-refractivity contribution in [3.8, 4) is 0 Å². The number of carboxylic acids is 1. The van der Waals surface area contributed by atoms with Gasteiger partial charge in [-0.15, -0.1) is 0 Å². The van der Waals surface area contributed by atoms with Gasteiger partial charge in [-0.3, -0.25) is 9.59 Å². The first kappa shape index (κ1) is 67.5. The van der Waals surface area contributed by atoms with Gasteiger partial charge in [0.1, 0.15) is 13.2 Å². The van der Waals surface area contributed by atoms with Gasteiger partial charge in [0.2, 0.25) is 0 Å². The molecule has 0 fully saturated rings. The molecule has 0 radical (unpaired) electrons. The van der Waals surface area contributed by atoms with Crippen LogP contribution in [0.4, 0.5) is 0 Å². The number of unbranched alkanes of at least 4 members (excludes halogenated alkanes) is 34. The van der Waals surface area contributed by atoms with Crippen LogP contribution in [0, 0.1) is 0 Å². The van der Waals surface area contributed by atoms with Gasteiger partial charge in [-0.2, -0.15) is 0 Å². The van der Waals surface area contributed by atoms with Crippen molar-refractivity contribution < 1.29 is 42.9 Å². The van der Waals surface area contributed by atoms with Crippen LogP contribution in [0.25, 0.3) is 0 Å². The predicted octanol–water partition coefficient (Wildman–Crippen LogP) is 16.0. The van der Waals surface area contributed by atoms with Crippen molar-refractivity contribution in [2.45, 2.75) is 289 Å². The van der Waals surface area contributed by atoms with Crippen LogP contribution in [0.2, 0.25) is 0 Å². The van der Waals surface area contributed by atoms with Crippen LogP contribution in [0.1, 0.15) is 277 Å². The number of nitrogens with zero attached hydrogens (tertiary/aromatic N) is 1. The zero-order valence-corrected chi connectivity index (χ0v) is 46.7. The number of quaternary nitrogens is 1. The minimum Gasteiger partial charge on any atom is -0.545 e. The molecule has 0 amide bonds. The lowest BCUT2D eigenvalue weighted by molar-refractivity contribution is -0.870. The fraction of sp³-hybridized carbons (Fsp3) is 0.852. The van der Waals surface area contributed by atoms with Gasteiger partial charge in [0.25, 0.3) is 0 Å². The molecule has 0 heterocycles. The Balaban J connectivity index is 4.13. The van der Waals surface area contributed by atoms with E-state index in [1.54, 1.807) is 0 Å². The number of carbonyl (C=O) groups is 3. The van der Waals surface area contributed by atoms with Gasteiger partial charge in [-0.05, 0) is 44.9 Å². The topological polar surface area (TPSA) is 111 Å². The Kier molecular flexibility index (Phi) is 50.9. The molecule has 2 atom stereocenters. The summed E-state index contributed by atoms with van der Waals surface area (Å²) in [5.41, 5.74) is 0. The summed E-state index contributed by atoms with van der Waals surface area (Å²) in [7, 11) is 5.92. The van der Waals surface area contributed by atoms with E-state index in [0.717, 1.165) is 64.2 Å². The standard InChI is InChI=1S/C61H113NO8/c1-6-8-10-12-14-16-18-20-22-24-25-26-27-28-29-30-31-32-33-34-36-37-39-41-43-45-47-49-51-58(63)68-55-57(56-69-61(60(65)66)67-54-53-62(3,4)5)70-59(64)52-50-48-46-44-42-40-38-35-23-21-19-17-15-13-11-9-7-2/h9,11,15,17,21,23,57,61H,6-8,10,12-14,16,18-20,22,24-56H2,1-5H3/b11-9-,17-15-,23-21-. The number of carbonyl (C=O) groups excluding carboxylic acids is 3. The van der Waals surface area contributed by atoms with Crippen molar-refractivity contribution in [3.63, 3.8) is 0 Å². The zero-order valence-electron chi connectivity index (χ0n) is 46.7. The summed E-state index contributed by atoms with van der Waals surface area (Å²) in [6, 6.07) is 0. The smallest absolute Gasteiger partial charge is 0.306 e. The molecule has 0 aromatic carbocycles. The number of esters is 2. The van der Waals surface area contributed by atoms with E-state index in [4.69, 9.17) is 18.9 Å². The first-order chi connectivity index (χ1) is 34.1. The molecule has 0 aliphatic heterocycles. The summed E-state index contributed by atoms with van der Waals surface area (Å²) < 4.78 is 22.7. The third kappa shape index (κ3) is 53.3. The zero-order chi connectivity index (χ0) is 51.3. The number of ether oxygens (including phenoxy) is 4. The molecule has 0 N–H and O–H groups in total. The number of aliphatic carboxylic acids is 1. The molecule has 9 nitrogen and oxygen atoms in total. The quantitative estimate of drug-likeness (QED) is 0.0195. The van der Waals surface area contributed by atoms with Crippen LogP contribution in [-0.4, -0.2) is 82.3 Å². The van der Waals surface area contributed by atoms with Crippen LogP contribution in [0.15, 0.2) is 36.5 Å². The van der Waals surface area contributed by atoms with Crippen LogP contribution < -0.4 is 5.11 Å². The molecule has 0 aromatic rings. The third-order valence-corrected chi connectivity index (χ3v) is 13.2. The minimum atomic E-state index is -1.62. The van der Waals surface area contributed by atoms with Crippen molar-refractivity contribution in [1.29, 1.82) is 0 Å². The molecule has 0 spiro atoms. The molecule has 0 aliphatic rings.